The fourth-order valence-electron chi connectivity index (χ4n) is 3.69. The SMILES string of the molecule is Fc1c(F)c(F)c(B(c2cc(C(F)(F)F)cc(C(F)(F)F)c2)c2cc(C(F)(F)F)cc(C(F)(F)F)c2)c(F)c1F. The largest absolute Gasteiger partial charge is 0.416 e. The minimum atomic E-state index is -5.69. The first-order chi connectivity index (χ1) is 17.9. The molecule has 0 aromatic heterocycles. The normalized spacial score (nSPS) is 13.1. The molecule has 0 radical (unpaired) electrons. The molecule has 0 saturated carbocycles. The molecule has 18 heteroatoms. The van der Waals surface area contributed by atoms with Crippen LogP contribution in [0.2, 0.25) is 0 Å². The Morgan fingerprint density at radius 3 is 0.800 bits per heavy atom. The first kappa shape index (κ1) is 31.1. The van der Waals surface area contributed by atoms with Gasteiger partial charge in [-0.05, 0) is 12.1 Å². The third kappa shape index (κ3) is 5.99. The van der Waals surface area contributed by atoms with Gasteiger partial charge < -0.3 is 0 Å². The summed E-state index contributed by atoms with van der Waals surface area (Å²) in [7, 11) is 0. The van der Waals surface area contributed by atoms with Gasteiger partial charge in [-0.3, -0.25) is 0 Å². The lowest BCUT2D eigenvalue weighted by Crippen LogP contribution is -2.56. The summed E-state index contributed by atoms with van der Waals surface area (Å²) in [5.74, 6) is -14.4. The van der Waals surface area contributed by atoms with Gasteiger partial charge in [0.15, 0.2) is 29.1 Å². The Morgan fingerprint density at radius 2 is 0.575 bits per heavy atom. The van der Waals surface area contributed by atoms with Crippen LogP contribution in [0.5, 0.6) is 0 Å². The lowest BCUT2D eigenvalue weighted by molar-refractivity contribution is -0.144. The Balaban J connectivity index is 2.60. The Bertz CT molecular complexity index is 1280. The quantitative estimate of drug-likeness (QED) is 0.131. The highest BCUT2D eigenvalue weighted by Crippen LogP contribution is 2.37. The molecule has 0 aliphatic rings. The van der Waals surface area contributed by atoms with Gasteiger partial charge >= 0.3 is 24.7 Å². The second-order valence-electron chi connectivity index (χ2n) is 8.10. The zero-order valence-electron chi connectivity index (χ0n) is 18.5. The van der Waals surface area contributed by atoms with Crippen molar-refractivity contribution in [3.8, 4) is 0 Å². The van der Waals surface area contributed by atoms with Gasteiger partial charge in [0.1, 0.15) is 0 Å². The minimum Gasteiger partial charge on any atom is -0.204 e. The van der Waals surface area contributed by atoms with Gasteiger partial charge in [-0.1, -0.05) is 35.2 Å². The van der Waals surface area contributed by atoms with Gasteiger partial charge in [0.05, 0.1) is 22.3 Å². The molecule has 3 aromatic rings. The fraction of sp³-hybridized carbons (Fsp3) is 0.182. The molecule has 0 nitrogen and oxygen atoms in total. The van der Waals surface area contributed by atoms with E-state index < -0.39 is 111 Å². The molecule has 0 atom stereocenters. The Hall–Kier alpha value is -3.47. The van der Waals surface area contributed by atoms with Crippen molar-refractivity contribution in [1.29, 1.82) is 0 Å². The van der Waals surface area contributed by atoms with Crippen LogP contribution < -0.4 is 16.4 Å². The van der Waals surface area contributed by atoms with E-state index in [-0.39, 0.29) is 24.3 Å². The van der Waals surface area contributed by atoms with E-state index in [1.807, 2.05) is 0 Å². The van der Waals surface area contributed by atoms with Crippen molar-refractivity contribution in [1.82, 2.24) is 0 Å². The summed E-state index contributed by atoms with van der Waals surface area (Å²) in [4.78, 5) is 0. The van der Waals surface area contributed by atoms with Crippen LogP contribution in [-0.2, 0) is 24.7 Å². The molecule has 3 aromatic carbocycles. The average Bonchev–Trinajstić information content (AvgIpc) is 2.81. The third-order valence-electron chi connectivity index (χ3n) is 5.42. The van der Waals surface area contributed by atoms with E-state index in [1.54, 1.807) is 0 Å². The van der Waals surface area contributed by atoms with Gasteiger partial charge in [0.25, 0.3) is 0 Å². The number of alkyl halides is 12. The lowest BCUT2D eigenvalue weighted by Gasteiger charge is -2.23. The van der Waals surface area contributed by atoms with E-state index in [9.17, 15) is 74.6 Å². The number of halogens is 17. The van der Waals surface area contributed by atoms with E-state index >= 15 is 0 Å². The lowest BCUT2D eigenvalue weighted by atomic mass is 9.36. The van der Waals surface area contributed by atoms with Crippen molar-refractivity contribution in [2.45, 2.75) is 24.7 Å². The minimum absolute atomic E-state index is 0.342. The van der Waals surface area contributed by atoms with E-state index in [0.717, 1.165) is 0 Å². The van der Waals surface area contributed by atoms with Crippen molar-refractivity contribution in [3.63, 3.8) is 0 Å². The van der Waals surface area contributed by atoms with Crippen LogP contribution in [0, 0.1) is 29.1 Å². The second kappa shape index (κ2) is 9.87. The van der Waals surface area contributed by atoms with Crippen LogP contribution in [0.25, 0.3) is 0 Å². The topological polar surface area (TPSA) is 0 Å². The van der Waals surface area contributed by atoms with E-state index in [4.69, 9.17) is 0 Å². The van der Waals surface area contributed by atoms with Crippen LogP contribution in [0.4, 0.5) is 74.6 Å². The van der Waals surface area contributed by atoms with Crippen molar-refractivity contribution in [2.24, 2.45) is 0 Å². The van der Waals surface area contributed by atoms with Gasteiger partial charge in [-0.25, -0.2) is 22.0 Å². The molecule has 0 saturated heterocycles. The van der Waals surface area contributed by atoms with Gasteiger partial charge in [-0.2, -0.15) is 52.7 Å². The summed E-state index contributed by atoms with van der Waals surface area (Å²) in [5.41, 5.74) is -14.7. The molecular formula is C22H6BF17. The molecule has 216 valence electrons. The van der Waals surface area contributed by atoms with Crippen molar-refractivity contribution in [3.05, 3.63) is 87.7 Å². The Kier molecular flexibility index (Phi) is 7.66. The Labute approximate surface area is 211 Å². The van der Waals surface area contributed by atoms with Gasteiger partial charge in [0.2, 0.25) is 6.71 Å². The highest BCUT2D eigenvalue weighted by molar-refractivity contribution is 6.95. The summed E-state index contributed by atoms with van der Waals surface area (Å²) < 4.78 is 232. The maximum atomic E-state index is 14.8. The summed E-state index contributed by atoms with van der Waals surface area (Å²) in [6, 6.07) is -2.47. The van der Waals surface area contributed by atoms with Crippen LogP contribution in [0.15, 0.2) is 36.4 Å². The number of hydrogen-bond acceptors (Lipinski definition) is 0. The highest BCUT2D eigenvalue weighted by atomic mass is 19.4. The molecule has 0 amide bonds. The molecule has 0 bridgehead atoms. The molecule has 3 rings (SSSR count). The zero-order chi connectivity index (χ0) is 30.7. The van der Waals surface area contributed by atoms with E-state index in [1.165, 1.54) is 0 Å². The number of benzene rings is 3. The maximum Gasteiger partial charge on any atom is 0.416 e. The monoisotopic (exact) mass is 604 g/mol. The molecular weight excluding hydrogens is 598 g/mol. The summed E-state index contributed by atoms with van der Waals surface area (Å²) >= 11 is 0. The molecule has 0 spiro atoms. The molecule has 0 aliphatic heterocycles. The summed E-state index contributed by atoms with van der Waals surface area (Å²) in [6.07, 6.45) is -22.8. The van der Waals surface area contributed by atoms with Crippen LogP contribution in [0.3, 0.4) is 0 Å². The molecule has 0 unspecified atom stereocenters. The zero-order valence-corrected chi connectivity index (χ0v) is 18.5. The predicted molar refractivity (Wildman–Crippen MR) is 104 cm³/mol. The third-order valence-corrected chi connectivity index (χ3v) is 5.42. The van der Waals surface area contributed by atoms with Crippen molar-refractivity contribution in [2.75, 3.05) is 0 Å². The molecule has 0 fully saturated rings. The van der Waals surface area contributed by atoms with Crippen molar-refractivity contribution < 1.29 is 74.6 Å². The standard InChI is InChI=1S/C22H6BF17/c24-14-13(15(25)17(27)18(28)16(14)26)23(11-3-7(19(29,30)31)1-8(4-11)20(32,33)34)12-5-9(21(35,36)37)2-10(6-12)22(38,39)40/h1-6H. The van der Waals surface area contributed by atoms with Gasteiger partial charge in [-0.15, -0.1) is 0 Å². The second-order valence-corrected chi connectivity index (χ2v) is 8.10. The van der Waals surface area contributed by atoms with Crippen LogP contribution >= 0.6 is 0 Å². The average molecular weight is 604 g/mol. The molecule has 40 heavy (non-hydrogen) atoms. The van der Waals surface area contributed by atoms with E-state index in [0.29, 0.717) is 0 Å². The number of hydrogen-bond donors (Lipinski definition) is 0. The first-order valence-corrected chi connectivity index (χ1v) is 10.0. The smallest absolute Gasteiger partial charge is 0.204 e. The van der Waals surface area contributed by atoms with E-state index in [2.05, 4.69) is 0 Å². The molecule has 0 N–H and O–H groups in total. The Morgan fingerprint density at radius 1 is 0.350 bits per heavy atom. The number of rotatable bonds is 3. The fourth-order valence-corrected chi connectivity index (χ4v) is 3.69. The summed E-state index contributed by atoms with van der Waals surface area (Å²) in [6.45, 7) is -3.24. The van der Waals surface area contributed by atoms with Crippen LogP contribution in [-0.4, -0.2) is 6.71 Å². The molecule has 0 aliphatic carbocycles. The first-order valence-electron chi connectivity index (χ1n) is 10.0. The molecule has 0 heterocycles. The van der Waals surface area contributed by atoms with Crippen molar-refractivity contribution >= 4 is 23.1 Å². The highest BCUT2D eigenvalue weighted by Gasteiger charge is 2.43. The predicted octanol–water partition coefficient (Wildman–Crippen LogP) is 6.97. The maximum absolute atomic E-state index is 14.8. The van der Waals surface area contributed by atoms with Crippen LogP contribution in [0.1, 0.15) is 22.3 Å². The summed E-state index contributed by atoms with van der Waals surface area (Å²) in [5, 5.41) is 0. The van der Waals surface area contributed by atoms with Gasteiger partial charge in [0, 0.05) is 5.46 Å².